The van der Waals surface area contributed by atoms with Crippen LogP contribution in [0.15, 0.2) is 24.5 Å². The summed E-state index contributed by atoms with van der Waals surface area (Å²) in [5, 5.41) is 3.68. The quantitative estimate of drug-likeness (QED) is 0.885. The number of piperazine rings is 1. The normalized spacial score (nSPS) is 27.1. The van der Waals surface area contributed by atoms with E-state index in [0.717, 1.165) is 25.6 Å². The monoisotopic (exact) mass is 247 g/mol. The fraction of sp³-hybridized carbons (Fsp3) is 0.667. The predicted octanol–water partition coefficient (Wildman–Crippen LogP) is 2.29. The second-order valence-electron chi connectivity index (χ2n) is 5.53. The molecule has 0 aromatic carbocycles. The largest absolute Gasteiger partial charge is 0.311 e. The van der Waals surface area contributed by atoms with Crippen molar-refractivity contribution >= 4 is 0 Å². The van der Waals surface area contributed by atoms with Crippen LogP contribution in [0.1, 0.15) is 32.8 Å². The summed E-state index contributed by atoms with van der Waals surface area (Å²) < 4.78 is 0. The Balaban J connectivity index is 1.97. The first kappa shape index (κ1) is 13.5. The molecule has 0 saturated carbocycles. The van der Waals surface area contributed by atoms with E-state index < -0.39 is 0 Å². The van der Waals surface area contributed by atoms with Gasteiger partial charge in [-0.1, -0.05) is 20.3 Å². The molecule has 2 rings (SSSR count). The van der Waals surface area contributed by atoms with Gasteiger partial charge in [-0.3, -0.25) is 9.88 Å². The molecule has 18 heavy (non-hydrogen) atoms. The van der Waals surface area contributed by atoms with Crippen molar-refractivity contribution in [3.8, 4) is 0 Å². The van der Waals surface area contributed by atoms with E-state index in [4.69, 9.17) is 0 Å². The molecule has 3 atom stereocenters. The Labute approximate surface area is 111 Å². The van der Waals surface area contributed by atoms with E-state index in [1.54, 1.807) is 0 Å². The van der Waals surface area contributed by atoms with E-state index in [2.05, 4.69) is 48.1 Å². The zero-order chi connectivity index (χ0) is 13.0. The molecule has 3 nitrogen and oxygen atoms in total. The average Bonchev–Trinajstić information content (AvgIpc) is 2.41. The smallest absolute Gasteiger partial charge is 0.0271 e. The molecule has 1 saturated heterocycles. The third-order valence-corrected chi connectivity index (χ3v) is 4.20. The van der Waals surface area contributed by atoms with E-state index in [1.807, 2.05) is 12.4 Å². The van der Waals surface area contributed by atoms with E-state index in [0.29, 0.717) is 12.1 Å². The molecule has 1 aromatic rings. The fourth-order valence-electron chi connectivity index (χ4n) is 2.56. The first-order valence-corrected chi connectivity index (χ1v) is 7.07. The third kappa shape index (κ3) is 3.30. The summed E-state index contributed by atoms with van der Waals surface area (Å²) in [6.45, 7) is 10.2. The van der Waals surface area contributed by atoms with Gasteiger partial charge in [-0.25, -0.2) is 0 Å². The molecule has 0 radical (unpaired) electrons. The Kier molecular flexibility index (Phi) is 4.72. The average molecular weight is 247 g/mol. The number of aromatic nitrogens is 1. The summed E-state index contributed by atoms with van der Waals surface area (Å²) in [5.41, 5.74) is 1.36. The maximum atomic E-state index is 4.08. The predicted molar refractivity (Wildman–Crippen MR) is 75.4 cm³/mol. The molecule has 0 bridgehead atoms. The number of hydrogen-bond acceptors (Lipinski definition) is 3. The van der Waals surface area contributed by atoms with Gasteiger partial charge < -0.3 is 5.32 Å². The van der Waals surface area contributed by atoms with Crippen LogP contribution in [-0.2, 0) is 6.54 Å². The van der Waals surface area contributed by atoms with Crippen molar-refractivity contribution in [1.29, 1.82) is 0 Å². The van der Waals surface area contributed by atoms with Gasteiger partial charge in [-0.2, -0.15) is 0 Å². The van der Waals surface area contributed by atoms with Gasteiger partial charge in [0, 0.05) is 44.1 Å². The lowest BCUT2D eigenvalue weighted by Crippen LogP contribution is -2.56. The van der Waals surface area contributed by atoms with Gasteiger partial charge in [0.15, 0.2) is 0 Å². The zero-order valence-electron chi connectivity index (χ0n) is 11.8. The van der Waals surface area contributed by atoms with Crippen LogP contribution in [0, 0.1) is 5.92 Å². The molecule has 0 spiro atoms. The zero-order valence-corrected chi connectivity index (χ0v) is 11.8. The lowest BCUT2D eigenvalue weighted by atomic mass is 9.95. The Morgan fingerprint density at radius 3 is 2.83 bits per heavy atom. The number of nitrogens with one attached hydrogen (secondary N) is 1. The Hall–Kier alpha value is -0.930. The van der Waals surface area contributed by atoms with Gasteiger partial charge in [0.2, 0.25) is 0 Å². The van der Waals surface area contributed by atoms with Gasteiger partial charge in [0.25, 0.3) is 0 Å². The van der Waals surface area contributed by atoms with Crippen molar-refractivity contribution in [2.45, 2.75) is 45.8 Å². The first-order valence-electron chi connectivity index (χ1n) is 7.07. The minimum atomic E-state index is 0.610. The van der Waals surface area contributed by atoms with E-state index >= 15 is 0 Å². The molecule has 3 heteroatoms. The highest BCUT2D eigenvalue weighted by Gasteiger charge is 2.27. The van der Waals surface area contributed by atoms with Crippen molar-refractivity contribution in [2.24, 2.45) is 5.92 Å². The molecule has 1 aliphatic heterocycles. The molecule has 1 fully saturated rings. The van der Waals surface area contributed by atoms with Crippen molar-refractivity contribution in [3.63, 3.8) is 0 Å². The van der Waals surface area contributed by atoms with E-state index in [-0.39, 0.29) is 0 Å². The van der Waals surface area contributed by atoms with Gasteiger partial charge in [0.05, 0.1) is 0 Å². The topological polar surface area (TPSA) is 28.2 Å². The molecular formula is C15H25N3. The van der Waals surface area contributed by atoms with Gasteiger partial charge in [0.1, 0.15) is 0 Å². The minimum Gasteiger partial charge on any atom is -0.311 e. The molecule has 1 aliphatic rings. The maximum absolute atomic E-state index is 4.08. The van der Waals surface area contributed by atoms with Crippen LogP contribution in [0.2, 0.25) is 0 Å². The molecule has 1 aromatic heterocycles. The molecule has 0 amide bonds. The minimum absolute atomic E-state index is 0.610. The highest BCUT2D eigenvalue weighted by atomic mass is 15.2. The first-order chi connectivity index (χ1) is 8.70. The molecule has 2 heterocycles. The lowest BCUT2D eigenvalue weighted by molar-refractivity contribution is 0.112. The summed E-state index contributed by atoms with van der Waals surface area (Å²) in [7, 11) is 0. The van der Waals surface area contributed by atoms with Crippen molar-refractivity contribution < 1.29 is 0 Å². The van der Waals surface area contributed by atoms with Crippen LogP contribution in [0.5, 0.6) is 0 Å². The standard InChI is InChI=1S/C15H25N3/c1-4-12(2)15-11-18(13(3)9-17-15)10-14-5-7-16-8-6-14/h5-8,12-13,15,17H,4,9-11H2,1-3H3. The second kappa shape index (κ2) is 6.30. The third-order valence-electron chi connectivity index (χ3n) is 4.20. The fourth-order valence-corrected chi connectivity index (χ4v) is 2.56. The number of pyridine rings is 1. The van der Waals surface area contributed by atoms with Crippen molar-refractivity contribution in [1.82, 2.24) is 15.2 Å². The summed E-state index contributed by atoms with van der Waals surface area (Å²) in [6.07, 6.45) is 5.01. The van der Waals surface area contributed by atoms with Crippen molar-refractivity contribution in [3.05, 3.63) is 30.1 Å². The van der Waals surface area contributed by atoms with Crippen LogP contribution in [0.3, 0.4) is 0 Å². The molecule has 1 N–H and O–H groups in total. The molecule has 3 unspecified atom stereocenters. The summed E-state index contributed by atoms with van der Waals surface area (Å²) in [4.78, 5) is 6.67. The Morgan fingerprint density at radius 1 is 1.44 bits per heavy atom. The summed E-state index contributed by atoms with van der Waals surface area (Å²) in [6, 6.07) is 5.48. The lowest BCUT2D eigenvalue weighted by Gasteiger charge is -2.41. The SMILES string of the molecule is CCC(C)C1CN(Cc2ccncc2)C(C)CN1. The number of nitrogens with zero attached hydrogens (tertiary/aromatic N) is 2. The second-order valence-corrected chi connectivity index (χ2v) is 5.53. The van der Waals surface area contributed by atoms with E-state index in [9.17, 15) is 0 Å². The Bertz CT molecular complexity index is 352. The summed E-state index contributed by atoms with van der Waals surface area (Å²) in [5.74, 6) is 0.748. The van der Waals surface area contributed by atoms with E-state index in [1.165, 1.54) is 12.0 Å². The van der Waals surface area contributed by atoms with Gasteiger partial charge in [-0.15, -0.1) is 0 Å². The molecule has 0 aliphatic carbocycles. The molecule has 100 valence electrons. The van der Waals surface area contributed by atoms with Gasteiger partial charge in [-0.05, 0) is 30.5 Å². The highest BCUT2D eigenvalue weighted by Crippen LogP contribution is 2.17. The van der Waals surface area contributed by atoms with Gasteiger partial charge >= 0.3 is 0 Å². The highest BCUT2D eigenvalue weighted by molar-refractivity contribution is 5.10. The van der Waals surface area contributed by atoms with Crippen LogP contribution >= 0.6 is 0 Å². The van der Waals surface area contributed by atoms with Crippen LogP contribution in [0.25, 0.3) is 0 Å². The summed E-state index contributed by atoms with van der Waals surface area (Å²) >= 11 is 0. The number of rotatable bonds is 4. The number of hydrogen-bond donors (Lipinski definition) is 1. The van der Waals surface area contributed by atoms with Crippen molar-refractivity contribution in [2.75, 3.05) is 13.1 Å². The Morgan fingerprint density at radius 2 is 2.17 bits per heavy atom. The maximum Gasteiger partial charge on any atom is 0.0271 e. The van der Waals surface area contributed by atoms with Crippen LogP contribution < -0.4 is 5.32 Å². The van der Waals surface area contributed by atoms with Crippen LogP contribution in [0.4, 0.5) is 0 Å². The molecular weight excluding hydrogens is 222 g/mol. The van der Waals surface area contributed by atoms with Crippen LogP contribution in [-0.4, -0.2) is 35.1 Å².